The Morgan fingerprint density at radius 1 is 1.15 bits per heavy atom. The molecule has 0 bridgehead atoms. The molecule has 26 heavy (non-hydrogen) atoms. The number of rotatable bonds is 6. The number of hydrogen-bond acceptors (Lipinski definition) is 5. The zero-order valence-electron chi connectivity index (χ0n) is 14.6. The number of carboxylic acid groups (broad SMARTS) is 1. The third kappa shape index (κ3) is 3.06. The molecule has 0 unspecified atom stereocenters. The van der Waals surface area contributed by atoms with Crippen LogP contribution in [0.25, 0.3) is 22.7 Å². The highest BCUT2D eigenvalue weighted by atomic mass is 16.5. The molecule has 0 amide bonds. The van der Waals surface area contributed by atoms with Gasteiger partial charge in [-0.3, -0.25) is 0 Å². The predicted octanol–water partition coefficient (Wildman–Crippen LogP) is 3.21. The molecule has 3 rings (SSSR count). The third-order valence-corrected chi connectivity index (χ3v) is 3.99. The summed E-state index contributed by atoms with van der Waals surface area (Å²) in [5.41, 5.74) is 1.94. The minimum atomic E-state index is -1.07. The number of fused-ring (bicyclic) bond motifs is 1. The Balaban J connectivity index is 2.19. The fraction of sp³-hybridized carbons (Fsp3) is 0.158. The number of aliphatic carboxylic acids is 1. The fourth-order valence-corrected chi connectivity index (χ4v) is 2.76. The molecule has 0 aliphatic heterocycles. The lowest BCUT2D eigenvalue weighted by atomic mass is 10.0. The molecule has 2 aromatic heterocycles. The average molecular weight is 354 g/mol. The van der Waals surface area contributed by atoms with Gasteiger partial charge in [-0.2, -0.15) is 0 Å². The van der Waals surface area contributed by atoms with Crippen LogP contribution in [-0.4, -0.2) is 42.4 Å². The second kappa shape index (κ2) is 7.18. The smallest absolute Gasteiger partial charge is 0.336 e. The number of methoxy groups -OCH3 is 3. The van der Waals surface area contributed by atoms with E-state index in [2.05, 4.69) is 9.97 Å². The van der Waals surface area contributed by atoms with E-state index in [4.69, 9.17) is 14.2 Å². The van der Waals surface area contributed by atoms with Crippen LogP contribution in [0.1, 0.15) is 11.1 Å². The van der Waals surface area contributed by atoms with Crippen molar-refractivity contribution in [1.29, 1.82) is 0 Å². The summed E-state index contributed by atoms with van der Waals surface area (Å²) in [5.74, 6) is 0.0986. The third-order valence-electron chi connectivity index (χ3n) is 3.99. The van der Waals surface area contributed by atoms with Gasteiger partial charge in [-0.15, -0.1) is 0 Å². The standard InChI is InChI=1S/C19H18N2O5/c1-24-15-8-11(9-16(25-2)17(15)26-3)14(19(22)23)7-12-10-21-18-13(12)5-4-6-20-18/h4-10H,1-3H3,(H,20,21)(H,22,23). The number of nitrogens with one attached hydrogen (secondary N) is 1. The number of aromatic amines is 1. The minimum Gasteiger partial charge on any atom is -0.493 e. The van der Waals surface area contributed by atoms with Crippen molar-refractivity contribution < 1.29 is 24.1 Å². The fourth-order valence-electron chi connectivity index (χ4n) is 2.76. The van der Waals surface area contributed by atoms with Crippen molar-refractivity contribution in [2.45, 2.75) is 0 Å². The normalized spacial score (nSPS) is 11.4. The molecule has 134 valence electrons. The van der Waals surface area contributed by atoms with Gasteiger partial charge in [0.15, 0.2) is 11.5 Å². The average Bonchev–Trinajstić information content (AvgIpc) is 3.07. The van der Waals surface area contributed by atoms with Crippen LogP contribution >= 0.6 is 0 Å². The highest BCUT2D eigenvalue weighted by Gasteiger charge is 2.19. The predicted molar refractivity (Wildman–Crippen MR) is 97.7 cm³/mol. The molecular weight excluding hydrogens is 336 g/mol. The molecule has 0 saturated heterocycles. The maximum atomic E-state index is 11.9. The maximum Gasteiger partial charge on any atom is 0.336 e. The summed E-state index contributed by atoms with van der Waals surface area (Å²) in [6.07, 6.45) is 4.98. The van der Waals surface area contributed by atoms with Crippen LogP contribution in [0.15, 0.2) is 36.7 Å². The zero-order valence-corrected chi connectivity index (χ0v) is 14.6. The van der Waals surface area contributed by atoms with E-state index in [0.29, 0.717) is 28.5 Å². The van der Waals surface area contributed by atoms with Crippen molar-refractivity contribution in [1.82, 2.24) is 9.97 Å². The van der Waals surface area contributed by atoms with E-state index in [9.17, 15) is 9.90 Å². The Hall–Kier alpha value is -3.48. The second-order valence-corrected chi connectivity index (χ2v) is 5.42. The van der Waals surface area contributed by atoms with Gasteiger partial charge < -0.3 is 24.3 Å². The summed E-state index contributed by atoms with van der Waals surface area (Å²) in [7, 11) is 4.46. The Morgan fingerprint density at radius 2 is 1.85 bits per heavy atom. The SMILES string of the molecule is COc1cc(C(=Cc2c[nH]c3ncccc23)C(=O)O)cc(OC)c1OC. The lowest BCUT2D eigenvalue weighted by molar-refractivity contribution is -0.130. The quantitative estimate of drug-likeness (QED) is 0.660. The molecule has 3 aromatic rings. The van der Waals surface area contributed by atoms with Gasteiger partial charge in [0, 0.05) is 23.3 Å². The number of pyridine rings is 1. The highest BCUT2D eigenvalue weighted by Crippen LogP contribution is 2.40. The summed E-state index contributed by atoms with van der Waals surface area (Å²) in [4.78, 5) is 19.2. The molecule has 0 radical (unpaired) electrons. The van der Waals surface area contributed by atoms with E-state index in [1.54, 1.807) is 36.7 Å². The van der Waals surface area contributed by atoms with E-state index < -0.39 is 5.97 Å². The Kier molecular flexibility index (Phi) is 4.79. The first-order valence-electron chi connectivity index (χ1n) is 7.76. The van der Waals surface area contributed by atoms with Crippen molar-refractivity contribution in [2.24, 2.45) is 0 Å². The molecule has 0 fully saturated rings. The van der Waals surface area contributed by atoms with E-state index in [-0.39, 0.29) is 5.57 Å². The molecule has 7 heteroatoms. The molecule has 0 saturated carbocycles. The molecule has 7 nitrogen and oxygen atoms in total. The van der Waals surface area contributed by atoms with Gasteiger partial charge in [-0.25, -0.2) is 9.78 Å². The van der Waals surface area contributed by atoms with Gasteiger partial charge in [0.2, 0.25) is 5.75 Å². The van der Waals surface area contributed by atoms with Gasteiger partial charge in [-0.1, -0.05) is 0 Å². The molecule has 2 heterocycles. The van der Waals surface area contributed by atoms with Gasteiger partial charge in [0.05, 0.1) is 26.9 Å². The van der Waals surface area contributed by atoms with Crippen LogP contribution in [0.4, 0.5) is 0 Å². The number of H-pyrrole nitrogens is 1. The Labute approximate surface area is 149 Å². The van der Waals surface area contributed by atoms with Crippen molar-refractivity contribution in [3.05, 3.63) is 47.8 Å². The topological polar surface area (TPSA) is 93.7 Å². The maximum absolute atomic E-state index is 11.9. The summed E-state index contributed by atoms with van der Waals surface area (Å²) in [6, 6.07) is 6.88. The van der Waals surface area contributed by atoms with E-state index in [1.165, 1.54) is 21.3 Å². The van der Waals surface area contributed by atoms with E-state index in [0.717, 1.165) is 10.9 Å². The molecule has 0 atom stereocenters. The summed E-state index contributed by atoms with van der Waals surface area (Å²) >= 11 is 0. The van der Waals surface area contributed by atoms with Gasteiger partial charge in [0.25, 0.3) is 0 Å². The van der Waals surface area contributed by atoms with Crippen LogP contribution < -0.4 is 14.2 Å². The molecule has 0 aliphatic carbocycles. The lowest BCUT2D eigenvalue weighted by Crippen LogP contribution is -2.02. The first-order chi connectivity index (χ1) is 12.6. The molecular formula is C19H18N2O5. The van der Waals surface area contributed by atoms with Crippen LogP contribution in [-0.2, 0) is 4.79 Å². The van der Waals surface area contributed by atoms with Crippen molar-refractivity contribution in [3.63, 3.8) is 0 Å². The van der Waals surface area contributed by atoms with Crippen molar-refractivity contribution in [2.75, 3.05) is 21.3 Å². The zero-order chi connectivity index (χ0) is 18.7. The molecule has 1 aromatic carbocycles. The van der Waals surface area contributed by atoms with E-state index >= 15 is 0 Å². The van der Waals surface area contributed by atoms with Crippen molar-refractivity contribution in [3.8, 4) is 17.2 Å². The van der Waals surface area contributed by atoms with Gasteiger partial charge >= 0.3 is 5.97 Å². The number of aromatic nitrogens is 2. The van der Waals surface area contributed by atoms with Gasteiger partial charge in [0.1, 0.15) is 5.65 Å². The molecule has 2 N–H and O–H groups in total. The number of ether oxygens (including phenoxy) is 3. The molecule has 0 aliphatic rings. The second-order valence-electron chi connectivity index (χ2n) is 5.42. The lowest BCUT2D eigenvalue weighted by Gasteiger charge is -2.14. The summed E-state index contributed by atoms with van der Waals surface area (Å²) in [5, 5.41) is 10.6. The van der Waals surface area contributed by atoms with Crippen LogP contribution in [0.2, 0.25) is 0 Å². The number of benzene rings is 1. The number of hydrogen-bond donors (Lipinski definition) is 2. The highest BCUT2D eigenvalue weighted by molar-refractivity contribution is 6.21. The number of carbonyl (C=O) groups is 1. The summed E-state index contributed by atoms with van der Waals surface area (Å²) < 4.78 is 15.9. The first-order valence-corrected chi connectivity index (χ1v) is 7.76. The van der Waals surface area contributed by atoms with Crippen LogP contribution in [0.3, 0.4) is 0 Å². The monoisotopic (exact) mass is 354 g/mol. The largest absolute Gasteiger partial charge is 0.493 e. The van der Waals surface area contributed by atoms with Gasteiger partial charge in [-0.05, 0) is 35.9 Å². The van der Waals surface area contributed by atoms with Crippen LogP contribution in [0, 0.1) is 0 Å². The molecule has 0 spiro atoms. The Morgan fingerprint density at radius 3 is 2.42 bits per heavy atom. The number of carboxylic acids is 1. The van der Waals surface area contributed by atoms with Crippen LogP contribution in [0.5, 0.6) is 17.2 Å². The van der Waals surface area contributed by atoms with Crippen molar-refractivity contribution >= 4 is 28.7 Å². The minimum absolute atomic E-state index is 0.0917. The number of nitrogens with zero attached hydrogens (tertiary/aromatic N) is 1. The first kappa shape index (κ1) is 17.3. The Bertz CT molecular complexity index is 966. The summed E-state index contributed by atoms with van der Waals surface area (Å²) in [6.45, 7) is 0. The van der Waals surface area contributed by atoms with E-state index in [1.807, 2.05) is 6.07 Å².